The molecule has 0 radical (unpaired) electrons. The molecule has 3 nitrogen and oxygen atoms in total. The van der Waals surface area contributed by atoms with Gasteiger partial charge in [-0.15, -0.1) is 0 Å². The molecule has 0 unspecified atom stereocenters. The summed E-state index contributed by atoms with van der Waals surface area (Å²) < 4.78 is 9.04. The van der Waals surface area contributed by atoms with Gasteiger partial charge in [0, 0.05) is 49.6 Å². The first kappa shape index (κ1) is 39.0. The van der Waals surface area contributed by atoms with Crippen LogP contribution in [0.15, 0.2) is 259 Å². The van der Waals surface area contributed by atoms with Crippen molar-refractivity contribution in [2.45, 2.75) is 0 Å². The van der Waals surface area contributed by atoms with E-state index in [0.29, 0.717) is 0 Å². The number of benzene rings is 12. The molecule has 14 rings (SSSR count). The van der Waals surface area contributed by atoms with Crippen LogP contribution in [0.4, 0.5) is 17.1 Å². The molecule has 69 heavy (non-hydrogen) atoms. The summed E-state index contributed by atoms with van der Waals surface area (Å²) in [6, 6.07) is 92.6. The molecule has 2 aromatic heterocycles. The van der Waals surface area contributed by atoms with E-state index < -0.39 is 0 Å². The molecule has 2 heterocycles. The van der Waals surface area contributed by atoms with Crippen molar-refractivity contribution in [2.75, 3.05) is 4.90 Å². The van der Waals surface area contributed by atoms with Gasteiger partial charge in [0.2, 0.25) is 0 Å². The average molecular weight is 879 g/mol. The fourth-order valence-corrected chi connectivity index (χ4v) is 10.8. The monoisotopic (exact) mass is 878 g/mol. The number of rotatable bonds is 7. The summed E-state index contributed by atoms with van der Waals surface area (Å²) in [6.45, 7) is 0. The predicted molar refractivity (Wildman–Crippen MR) is 292 cm³/mol. The number of furan rings is 1. The summed E-state index contributed by atoms with van der Waals surface area (Å²) in [5, 5.41) is 12.0. The van der Waals surface area contributed by atoms with Crippen molar-refractivity contribution in [3.05, 3.63) is 255 Å². The number of hydrogen-bond donors (Lipinski definition) is 0. The zero-order chi connectivity index (χ0) is 45.4. The van der Waals surface area contributed by atoms with Crippen molar-refractivity contribution < 1.29 is 4.42 Å². The van der Waals surface area contributed by atoms with Crippen molar-refractivity contribution in [1.82, 2.24) is 4.57 Å². The van der Waals surface area contributed by atoms with E-state index in [1.54, 1.807) is 0 Å². The maximum atomic E-state index is 6.66. The second-order valence-electron chi connectivity index (χ2n) is 18.1. The van der Waals surface area contributed by atoms with E-state index in [-0.39, 0.29) is 0 Å². The smallest absolute Gasteiger partial charge is 0.143 e. The van der Waals surface area contributed by atoms with Gasteiger partial charge in [-0.25, -0.2) is 0 Å². The third-order valence-electron chi connectivity index (χ3n) is 14.1. The second-order valence-corrected chi connectivity index (χ2v) is 18.1. The van der Waals surface area contributed by atoms with Crippen LogP contribution in [0, 0.1) is 0 Å². The van der Waals surface area contributed by atoms with Gasteiger partial charge in [-0.2, -0.15) is 0 Å². The van der Waals surface area contributed by atoms with Gasteiger partial charge in [0.05, 0.1) is 16.7 Å². The Bertz CT molecular complexity index is 4260. The molecule has 0 aliphatic carbocycles. The first-order chi connectivity index (χ1) is 34.2. The van der Waals surface area contributed by atoms with Crippen molar-refractivity contribution in [3.63, 3.8) is 0 Å². The highest BCUT2D eigenvalue weighted by Crippen LogP contribution is 2.46. The molecule has 0 saturated heterocycles. The van der Waals surface area contributed by atoms with Crippen LogP contribution in [0.3, 0.4) is 0 Å². The van der Waals surface area contributed by atoms with Gasteiger partial charge in [-0.3, -0.25) is 0 Å². The van der Waals surface area contributed by atoms with Crippen LogP contribution in [0.2, 0.25) is 0 Å². The number of anilines is 3. The van der Waals surface area contributed by atoms with Crippen LogP contribution < -0.4 is 4.90 Å². The lowest BCUT2D eigenvalue weighted by molar-refractivity contribution is 0.672. The SMILES string of the molecule is c1ccc(-c2cc(-c3ccc4ccc5ccccc5c4c3)ccc2N(c2ccc(-c3cccc(-n4c5ccccc5c5ccccc54)c3)cc2)c2ccc3oc4c5ccccc5ccc4c3c2)cc1. The Hall–Kier alpha value is -9.18. The average Bonchev–Trinajstić information content (AvgIpc) is 3.97. The molecular formula is C66H42N2O. The van der Waals surface area contributed by atoms with E-state index in [1.165, 1.54) is 54.3 Å². The lowest BCUT2D eigenvalue weighted by Crippen LogP contribution is -2.11. The molecule has 0 fully saturated rings. The zero-order valence-electron chi connectivity index (χ0n) is 37.6. The Balaban J connectivity index is 0.938. The minimum Gasteiger partial charge on any atom is -0.455 e. The third-order valence-corrected chi connectivity index (χ3v) is 14.1. The number of aromatic nitrogens is 1. The lowest BCUT2D eigenvalue weighted by atomic mass is 9.93. The van der Waals surface area contributed by atoms with Crippen LogP contribution in [-0.2, 0) is 0 Å². The Morgan fingerprint density at radius 2 is 0.870 bits per heavy atom. The number of para-hydroxylation sites is 2. The normalized spacial score (nSPS) is 11.8. The summed E-state index contributed by atoms with van der Waals surface area (Å²) in [5.41, 5.74) is 15.4. The van der Waals surface area contributed by atoms with Crippen LogP contribution in [0.5, 0.6) is 0 Å². The van der Waals surface area contributed by atoms with Gasteiger partial charge in [0.25, 0.3) is 0 Å². The summed E-state index contributed by atoms with van der Waals surface area (Å²) in [7, 11) is 0. The first-order valence-electron chi connectivity index (χ1n) is 23.6. The van der Waals surface area contributed by atoms with E-state index in [4.69, 9.17) is 4.42 Å². The minimum atomic E-state index is 0.867. The van der Waals surface area contributed by atoms with Gasteiger partial charge >= 0.3 is 0 Å². The molecule has 0 N–H and O–H groups in total. The molecule has 0 spiro atoms. The fraction of sp³-hybridized carbons (Fsp3) is 0. The predicted octanol–water partition coefficient (Wildman–Crippen LogP) is 18.6. The third kappa shape index (κ3) is 6.43. The Morgan fingerprint density at radius 1 is 0.304 bits per heavy atom. The molecular weight excluding hydrogens is 837 g/mol. The highest BCUT2D eigenvalue weighted by Gasteiger charge is 2.21. The van der Waals surface area contributed by atoms with Crippen LogP contribution in [0.25, 0.3) is 115 Å². The Kier molecular flexibility index (Phi) is 8.90. The number of fused-ring (bicyclic) bond motifs is 11. The fourth-order valence-electron chi connectivity index (χ4n) is 10.8. The summed E-state index contributed by atoms with van der Waals surface area (Å²) in [6.07, 6.45) is 0. The molecule has 322 valence electrons. The molecule has 0 atom stereocenters. The molecule has 0 amide bonds. The van der Waals surface area contributed by atoms with Crippen molar-refractivity contribution in [2.24, 2.45) is 0 Å². The summed E-state index contributed by atoms with van der Waals surface area (Å²) in [5.74, 6) is 0. The summed E-state index contributed by atoms with van der Waals surface area (Å²) >= 11 is 0. The van der Waals surface area contributed by atoms with Crippen molar-refractivity contribution >= 4 is 93.1 Å². The minimum absolute atomic E-state index is 0.867. The quantitative estimate of drug-likeness (QED) is 0.149. The number of hydrogen-bond acceptors (Lipinski definition) is 2. The zero-order valence-corrected chi connectivity index (χ0v) is 37.6. The van der Waals surface area contributed by atoms with Gasteiger partial charge in [0.1, 0.15) is 11.2 Å². The van der Waals surface area contributed by atoms with E-state index in [0.717, 1.165) is 77.9 Å². The van der Waals surface area contributed by atoms with E-state index in [1.807, 2.05) is 0 Å². The highest BCUT2D eigenvalue weighted by atomic mass is 16.3. The molecule has 0 saturated carbocycles. The van der Waals surface area contributed by atoms with E-state index in [2.05, 4.69) is 264 Å². The van der Waals surface area contributed by atoms with Crippen molar-refractivity contribution in [1.29, 1.82) is 0 Å². The van der Waals surface area contributed by atoms with Crippen LogP contribution in [-0.4, -0.2) is 4.57 Å². The van der Waals surface area contributed by atoms with Crippen LogP contribution >= 0.6 is 0 Å². The van der Waals surface area contributed by atoms with Crippen LogP contribution in [0.1, 0.15) is 0 Å². The van der Waals surface area contributed by atoms with Crippen molar-refractivity contribution in [3.8, 4) is 39.1 Å². The van der Waals surface area contributed by atoms with Gasteiger partial charge < -0.3 is 13.9 Å². The topological polar surface area (TPSA) is 21.3 Å². The largest absolute Gasteiger partial charge is 0.455 e. The van der Waals surface area contributed by atoms with Gasteiger partial charge in [-0.05, 0) is 134 Å². The maximum absolute atomic E-state index is 6.66. The Morgan fingerprint density at radius 3 is 1.65 bits per heavy atom. The molecule has 3 heteroatoms. The maximum Gasteiger partial charge on any atom is 0.143 e. The van der Waals surface area contributed by atoms with E-state index in [9.17, 15) is 0 Å². The standard InChI is InChI=1S/C66H42N2O/c1-2-13-44(14-3-1)60-41-50(49-28-27-47-26-25-45-15-4-6-19-54(45)59(47)40-49)32-37-64(60)67(53-35-38-65-61(42-53)58-36-31-46-16-5-7-20-55(46)66(58)69-65)51-33-29-43(30-34-51)48-17-12-18-52(39-48)68-62-23-10-8-21-56(62)57-22-9-11-24-63(57)68/h1-42H. The molecule has 14 aromatic rings. The first-order valence-corrected chi connectivity index (χ1v) is 23.6. The lowest BCUT2D eigenvalue weighted by Gasteiger charge is -2.28. The molecule has 0 aliphatic rings. The molecule has 0 bridgehead atoms. The van der Waals surface area contributed by atoms with Gasteiger partial charge in [-0.1, -0.05) is 176 Å². The summed E-state index contributed by atoms with van der Waals surface area (Å²) in [4.78, 5) is 2.41. The van der Waals surface area contributed by atoms with E-state index >= 15 is 0 Å². The number of nitrogens with zero attached hydrogens (tertiary/aromatic N) is 2. The molecule has 12 aromatic carbocycles. The highest BCUT2D eigenvalue weighted by molar-refractivity contribution is 6.16. The van der Waals surface area contributed by atoms with Gasteiger partial charge in [0.15, 0.2) is 0 Å². The molecule has 0 aliphatic heterocycles. The Labute approximate surface area is 399 Å². The second kappa shape index (κ2) is 15.7.